The minimum Gasteiger partial charge on any atom is -0.352 e. The Morgan fingerprint density at radius 1 is 1.10 bits per heavy atom. The smallest absolute Gasteiger partial charge is 0.263 e. The zero-order valence-corrected chi connectivity index (χ0v) is 20.1. The van der Waals surface area contributed by atoms with Crippen molar-refractivity contribution in [3.8, 4) is 0 Å². The molecule has 0 spiro atoms. The number of aryl methyl sites for hydroxylation is 2. The van der Waals surface area contributed by atoms with Crippen molar-refractivity contribution in [2.24, 2.45) is 5.92 Å². The summed E-state index contributed by atoms with van der Waals surface area (Å²) in [6.07, 6.45) is 13.6. The molecule has 31 heavy (non-hydrogen) atoms. The van der Waals surface area contributed by atoms with Crippen molar-refractivity contribution in [2.45, 2.75) is 101 Å². The van der Waals surface area contributed by atoms with E-state index < -0.39 is 0 Å². The van der Waals surface area contributed by atoms with E-state index in [1.54, 1.807) is 11.3 Å². The molecule has 2 atom stereocenters. The minimum absolute atomic E-state index is 0.0709. The third-order valence-electron chi connectivity index (χ3n) is 7.47. The van der Waals surface area contributed by atoms with E-state index in [1.807, 2.05) is 4.57 Å². The predicted molar refractivity (Wildman–Crippen MR) is 128 cm³/mol. The molecule has 5 nitrogen and oxygen atoms in total. The topological polar surface area (TPSA) is 64.0 Å². The molecule has 2 aromatic rings. The second-order valence-electron chi connectivity index (χ2n) is 9.62. The molecule has 168 valence electrons. The highest BCUT2D eigenvalue weighted by Crippen LogP contribution is 2.37. The van der Waals surface area contributed by atoms with Gasteiger partial charge in [-0.15, -0.1) is 11.3 Å². The molecule has 2 fully saturated rings. The largest absolute Gasteiger partial charge is 0.352 e. The molecular formula is C24H33N3O2S2. The molecule has 2 saturated carbocycles. The molecule has 1 N–H and O–H groups in total. The lowest BCUT2D eigenvalue weighted by atomic mass is 9.86. The van der Waals surface area contributed by atoms with Gasteiger partial charge in [-0.2, -0.15) is 0 Å². The first kappa shape index (κ1) is 21.5. The Morgan fingerprint density at radius 3 is 2.65 bits per heavy atom. The van der Waals surface area contributed by atoms with E-state index in [0.29, 0.717) is 17.7 Å². The van der Waals surface area contributed by atoms with Crippen molar-refractivity contribution in [3.63, 3.8) is 0 Å². The monoisotopic (exact) mass is 459 g/mol. The number of rotatable bonds is 5. The quantitative estimate of drug-likeness (QED) is 0.491. The Morgan fingerprint density at radius 2 is 1.84 bits per heavy atom. The second kappa shape index (κ2) is 9.26. The molecule has 2 heterocycles. The van der Waals surface area contributed by atoms with Gasteiger partial charge in [0, 0.05) is 17.0 Å². The van der Waals surface area contributed by atoms with Gasteiger partial charge in [-0.1, -0.05) is 44.4 Å². The van der Waals surface area contributed by atoms with Crippen molar-refractivity contribution >= 4 is 39.2 Å². The lowest BCUT2D eigenvalue weighted by Gasteiger charge is -2.29. The first-order valence-corrected chi connectivity index (χ1v) is 13.9. The van der Waals surface area contributed by atoms with E-state index in [-0.39, 0.29) is 17.5 Å². The highest BCUT2D eigenvalue weighted by Gasteiger charge is 2.28. The van der Waals surface area contributed by atoms with Gasteiger partial charge in [-0.25, -0.2) is 4.98 Å². The summed E-state index contributed by atoms with van der Waals surface area (Å²) in [5.41, 5.74) is 1.40. The highest BCUT2D eigenvalue weighted by molar-refractivity contribution is 7.99. The number of fused-ring (bicyclic) bond motifs is 3. The van der Waals surface area contributed by atoms with Gasteiger partial charge >= 0.3 is 0 Å². The Kier molecular flexibility index (Phi) is 6.42. The van der Waals surface area contributed by atoms with Crippen molar-refractivity contribution in [1.82, 2.24) is 14.9 Å². The van der Waals surface area contributed by atoms with Gasteiger partial charge < -0.3 is 5.32 Å². The molecule has 3 aliphatic carbocycles. The molecule has 5 rings (SSSR count). The number of nitrogens with one attached hydrogen (secondary N) is 1. The van der Waals surface area contributed by atoms with Crippen molar-refractivity contribution in [2.75, 3.05) is 5.75 Å². The third kappa shape index (κ3) is 4.32. The summed E-state index contributed by atoms with van der Waals surface area (Å²) in [6, 6.07) is 0.519. The van der Waals surface area contributed by atoms with E-state index in [9.17, 15) is 9.59 Å². The van der Waals surface area contributed by atoms with E-state index in [0.717, 1.165) is 53.9 Å². The molecule has 0 aliphatic heterocycles. The lowest BCUT2D eigenvalue weighted by Crippen LogP contribution is -2.42. The number of thioether (sulfide) groups is 1. The molecule has 0 aromatic carbocycles. The summed E-state index contributed by atoms with van der Waals surface area (Å²) in [4.78, 5) is 33.6. The van der Waals surface area contributed by atoms with Gasteiger partial charge in [0.15, 0.2) is 5.16 Å². The number of carbonyl (C=O) groups is 1. The van der Waals surface area contributed by atoms with Crippen molar-refractivity contribution in [1.29, 1.82) is 0 Å². The number of hydrogen-bond acceptors (Lipinski definition) is 5. The van der Waals surface area contributed by atoms with Crippen LogP contribution in [0.25, 0.3) is 10.2 Å². The number of nitrogens with zero attached hydrogens (tertiary/aromatic N) is 2. The van der Waals surface area contributed by atoms with Crippen LogP contribution in [0.5, 0.6) is 0 Å². The van der Waals surface area contributed by atoms with E-state index >= 15 is 0 Å². The average molecular weight is 460 g/mol. The normalized spacial score (nSPS) is 24.4. The van der Waals surface area contributed by atoms with Crippen LogP contribution in [0, 0.1) is 5.92 Å². The van der Waals surface area contributed by atoms with Gasteiger partial charge in [0.25, 0.3) is 5.56 Å². The summed E-state index contributed by atoms with van der Waals surface area (Å²) in [5.74, 6) is 0.951. The van der Waals surface area contributed by atoms with Crippen LogP contribution < -0.4 is 10.9 Å². The summed E-state index contributed by atoms with van der Waals surface area (Å²) >= 11 is 3.16. The van der Waals surface area contributed by atoms with Crippen molar-refractivity contribution in [3.05, 3.63) is 20.8 Å². The van der Waals surface area contributed by atoms with Crippen LogP contribution in [0.15, 0.2) is 9.95 Å². The van der Waals surface area contributed by atoms with Gasteiger partial charge in [0.1, 0.15) is 4.83 Å². The Labute approximate surface area is 192 Å². The molecule has 0 bridgehead atoms. The number of aromatic nitrogens is 2. The molecule has 7 heteroatoms. The Bertz CT molecular complexity index is 1020. The number of thiophene rings is 1. The fourth-order valence-corrected chi connectivity index (χ4v) is 7.87. The Balaban J connectivity index is 1.42. The zero-order valence-electron chi connectivity index (χ0n) is 18.5. The summed E-state index contributed by atoms with van der Waals surface area (Å²) < 4.78 is 1.96. The zero-order chi connectivity index (χ0) is 21.4. The van der Waals surface area contributed by atoms with Crippen LogP contribution in [-0.4, -0.2) is 27.3 Å². The van der Waals surface area contributed by atoms with Crippen LogP contribution >= 0.6 is 23.1 Å². The first-order chi connectivity index (χ1) is 15.1. The summed E-state index contributed by atoms with van der Waals surface area (Å²) in [5, 5.41) is 4.86. The molecule has 0 saturated heterocycles. The van der Waals surface area contributed by atoms with Crippen LogP contribution in [0.2, 0.25) is 0 Å². The maximum absolute atomic E-state index is 13.7. The number of amides is 1. The van der Waals surface area contributed by atoms with Gasteiger partial charge in [0.05, 0.1) is 11.1 Å². The van der Waals surface area contributed by atoms with Crippen LogP contribution in [0.1, 0.15) is 87.6 Å². The fraction of sp³-hybridized carbons (Fsp3) is 0.708. The van der Waals surface area contributed by atoms with Crippen LogP contribution in [0.4, 0.5) is 0 Å². The van der Waals surface area contributed by atoms with E-state index in [1.165, 1.54) is 60.7 Å². The van der Waals surface area contributed by atoms with Gasteiger partial charge in [-0.05, 0) is 62.8 Å². The maximum atomic E-state index is 13.7. The maximum Gasteiger partial charge on any atom is 0.263 e. The van der Waals surface area contributed by atoms with Crippen LogP contribution in [0.3, 0.4) is 0 Å². The molecule has 2 aromatic heterocycles. The van der Waals surface area contributed by atoms with Crippen LogP contribution in [-0.2, 0) is 17.6 Å². The minimum atomic E-state index is 0.0709. The number of carbonyl (C=O) groups excluding carboxylic acids is 1. The molecule has 2 unspecified atom stereocenters. The fourth-order valence-electron chi connectivity index (χ4n) is 5.69. The summed E-state index contributed by atoms with van der Waals surface area (Å²) in [6.45, 7) is 2.24. The lowest BCUT2D eigenvalue weighted by molar-refractivity contribution is -0.119. The third-order valence-corrected chi connectivity index (χ3v) is 9.61. The standard InChI is InChI=1S/C24H33N3O2S2/c1-15-8-2-6-12-18(15)25-20(28)14-30-24-26-22-21(17-11-5-7-13-19(17)31-22)23(29)27(24)16-9-3-4-10-16/h15-16,18H,2-14H2,1H3,(H,25,28). The van der Waals surface area contributed by atoms with E-state index in [2.05, 4.69) is 12.2 Å². The SMILES string of the molecule is CC1CCCCC1NC(=O)CSc1nc2sc3c(c2c(=O)n1C1CCCC1)CCCC3. The molecular weight excluding hydrogens is 426 g/mol. The van der Waals surface area contributed by atoms with Gasteiger partial charge in [0.2, 0.25) is 5.91 Å². The average Bonchev–Trinajstić information content (AvgIpc) is 3.41. The molecule has 0 radical (unpaired) electrons. The Hall–Kier alpha value is -1.34. The van der Waals surface area contributed by atoms with E-state index in [4.69, 9.17) is 4.98 Å². The first-order valence-electron chi connectivity index (χ1n) is 12.1. The number of hydrogen-bond donors (Lipinski definition) is 1. The highest BCUT2D eigenvalue weighted by atomic mass is 32.2. The summed E-state index contributed by atoms with van der Waals surface area (Å²) in [7, 11) is 0. The molecule has 3 aliphatic rings. The second-order valence-corrected chi connectivity index (χ2v) is 11.6. The van der Waals surface area contributed by atoms with Crippen molar-refractivity contribution < 1.29 is 4.79 Å². The van der Waals surface area contributed by atoms with Gasteiger partial charge in [-0.3, -0.25) is 14.2 Å². The molecule has 1 amide bonds. The predicted octanol–water partition coefficient (Wildman–Crippen LogP) is 5.24.